The van der Waals surface area contributed by atoms with Gasteiger partial charge in [-0.3, -0.25) is 4.68 Å². The van der Waals surface area contributed by atoms with E-state index in [1.165, 1.54) is 22.5 Å². The molecule has 0 radical (unpaired) electrons. The third-order valence-corrected chi connectivity index (χ3v) is 4.31. The van der Waals surface area contributed by atoms with Crippen molar-refractivity contribution in [1.82, 2.24) is 9.78 Å². The van der Waals surface area contributed by atoms with E-state index >= 15 is 0 Å². The van der Waals surface area contributed by atoms with Gasteiger partial charge in [0.05, 0.1) is 12.2 Å². The Hall–Kier alpha value is -1.32. The highest BCUT2D eigenvalue weighted by molar-refractivity contribution is 6.30. The highest BCUT2D eigenvalue weighted by Crippen LogP contribution is 2.31. The Kier molecular flexibility index (Phi) is 3.81. The van der Waals surface area contributed by atoms with Crippen molar-refractivity contribution < 1.29 is 0 Å². The quantitative estimate of drug-likeness (QED) is 0.940. The molecule has 0 aliphatic heterocycles. The van der Waals surface area contributed by atoms with Gasteiger partial charge in [0, 0.05) is 22.3 Å². The number of halogens is 1. The lowest BCUT2D eigenvalue weighted by Gasteiger charge is -2.20. The van der Waals surface area contributed by atoms with E-state index in [0.717, 1.165) is 37.3 Å². The molecule has 1 atom stereocenters. The summed E-state index contributed by atoms with van der Waals surface area (Å²) >= 11 is 5.94. The average molecular weight is 290 g/mol. The van der Waals surface area contributed by atoms with Crippen LogP contribution in [0, 0.1) is 0 Å². The fraction of sp³-hybridized carbons (Fsp3) is 0.438. The van der Waals surface area contributed by atoms with Crippen LogP contribution in [0.3, 0.4) is 0 Å². The predicted octanol–water partition coefficient (Wildman–Crippen LogP) is 3.48. The summed E-state index contributed by atoms with van der Waals surface area (Å²) in [7, 11) is 0. The molecule has 1 aliphatic rings. The van der Waals surface area contributed by atoms with Crippen LogP contribution in [0.5, 0.6) is 0 Å². The van der Waals surface area contributed by atoms with Crippen LogP contribution in [-0.2, 0) is 19.4 Å². The first-order valence-corrected chi connectivity index (χ1v) is 7.65. The van der Waals surface area contributed by atoms with Gasteiger partial charge in [0.25, 0.3) is 0 Å². The fourth-order valence-corrected chi connectivity index (χ4v) is 3.17. The second kappa shape index (κ2) is 5.58. The molecule has 1 heterocycles. The van der Waals surface area contributed by atoms with E-state index in [0.29, 0.717) is 0 Å². The molecule has 2 N–H and O–H groups in total. The van der Waals surface area contributed by atoms with Crippen LogP contribution in [0.4, 0.5) is 0 Å². The summed E-state index contributed by atoms with van der Waals surface area (Å²) in [6.45, 7) is 2.95. The van der Waals surface area contributed by atoms with E-state index in [1.54, 1.807) is 0 Å². The monoisotopic (exact) mass is 289 g/mol. The van der Waals surface area contributed by atoms with Crippen LogP contribution in [0.25, 0.3) is 0 Å². The minimum absolute atomic E-state index is 0.160. The van der Waals surface area contributed by atoms with E-state index in [9.17, 15) is 0 Å². The average Bonchev–Trinajstić information content (AvgIpc) is 2.81. The Bertz CT molecular complexity index is 601. The summed E-state index contributed by atoms with van der Waals surface area (Å²) in [6.07, 6.45) is 4.27. The van der Waals surface area contributed by atoms with Crippen molar-refractivity contribution in [2.24, 2.45) is 5.73 Å². The molecule has 4 heteroatoms. The fourth-order valence-electron chi connectivity index (χ4n) is 3.05. The van der Waals surface area contributed by atoms with E-state index < -0.39 is 0 Å². The molecule has 0 fully saturated rings. The minimum atomic E-state index is 0.160. The summed E-state index contributed by atoms with van der Waals surface area (Å²) in [4.78, 5) is 0. The zero-order valence-electron chi connectivity index (χ0n) is 11.8. The predicted molar refractivity (Wildman–Crippen MR) is 82.0 cm³/mol. The lowest BCUT2D eigenvalue weighted by atomic mass is 9.91. The summed E-state index contributed by atoms with van der Waals surface area (Å²) in [5, 5.41) is 5.55. The standard InChI is InChI=1S/C16H20ClN3/c1-2-14-16-13(18)4-3-5-15(16)20(19-14)10-11-6-8-12(17)9-7-11/h6-9,13H,2-5,10,18H2,1H3. The molecule has 1 aromatic heterocycles. The van der Waals surface area contributed by atoms with Crippen molar-refractivity contribution in [1.29, 1.82) is 0 Å². The van der Waals surface area contributed by atoms with Crippen molar-refractivity contribution in [3.63, 3.8) is 0 Å². The van der Waals surface area contributed by atoms with E-state index in [-0.39, 0.29) is 6.04 Å². The Morgan fingerprint density at radius 3 is 2.80 bits per heavy atom. The number of nitrogens with two attached hydrogens (primary N) is 1. The van der Waals surface area contributed by atoms with Gasteiger partial charge in [-0.15, -0.1) is 0 Å². The third kappa shape index (κ3) is 2.48. The number of hydrogen-bond acceptors (Lipinski definition) is 2. The largest absolute Gasteiger partial charge is 0.324 e. The van der Waals surface area contributed by atoms with Gasteiger partial charge in [-0.2, -0.15) is 5.10 Å². The van der Waals surface area contributed by atoms with Crippen LogP contribution in [0.2, 0.25) is 5.02 Å². The summed E-state index contributed by atoms with van der Waals surface area (Å²) in [6, 6.07) is 8.14. The van der Waals surface area contributed by atoms with Gasteiger partial charge < -0.3 is 5.73 Å². The SMILES string of the molecule is CCc1nn(Cc2ccc(Cl)cc2)c2c1C(N)CCC2. The molecule has 0 bridgehead atoms. The van der Waals surface area contributed by atoms with Crippen LogP contribution in [0.15, 0.2) is 24.3 Å². The van der Waals surface area contributed by atoms with Crippen molar-refractivity contribution in [2.45, 2.75) is 45.2 Å². The molecule has 0 saturated carbocycles. The molecule has 0 spiro atoms. The topological polar surface area (TPSA) is 43.8 Å². The molecule has 106 valence electrons. The number of aryl methyl sites for hydroxylation is 1. The minimum Gasteiger partial charge on any atom is -0.324 e. The Morgan fingerprint density at radius 2 is 2.10 bits per heavy atom. The summed E-state index contributed by atoms with van der Waals surface area (Å²) in [5.41, 5.74) is 11.3. The third-order valence-electron chi connectivity index (χ3n) is 4.05. The van der Waals surface area contributed by atoms with Crippen LogP contribution in [0.1, 0.15) is 48.3 Å². The first-order chi connectivity index (χ1) is 9.69. The first kappa shape index (κ1) is 13.7. The maximum Gasteiger partial charge on any atom is 0.0672 e. The smallest absolute Gasteiger partial charge is 0.0672 e. The van der Waals surface area contributed by atoms with Gasteiger partial charge in [0.15, 0.2) is 0 Å². The van der Waals surface area contributed by atoms with Crippen LogP contribution < -0.4 is 5.73 Å². The second-order valence-electron chi connectivity index (χ2n) is 5.44. The molecule has 1 aliphatic carbocycles. The number of fused-ring (bicyclic) bond motifs is 1. The van der Waals surface area contributed by atoms with Gasteiger partial charge in [0.1, 0.15) is 0 Å². The lowest BCUT2D eigenvalue weighted by molar-refractivity contribution is 0.537. The maximum atomic E-state index is 6.28. The van der Waals surface area contributed by atoms with E-state index in [4.69, 9.17) is 22.4 Å². The van der Waals surface area contributed by atoms with Gasteiger partial charge >= 0.3 is 0 Å². The first-order valence-electron chi connectivity index (χ1n) is 7.27. The zero-order chi connectivity index (χ0) is 14.1. The summed E-state index contributed by atoms with van der Waals surface area (Å²) in [5.74, 6) is 0. The van der Waals surface area contributed by atoms with E-state index in [1.807, 2.05) is 12.1 Å². The number of rotatable bonds is 3. The van der Waals surface area contributed by atoms with Crippen molar-refractivity contribution >= 4 is 11.6 Å². The Balaban J connectivity index is 1.95. The summed E-state index contributed by atoms with van der Waals surface area (Å²) < 4.78 is 2.14. The normalized spacial score (nSPS) is 18.1. The number of nitrogens with zero attached hydrogens (tertiary/aromatic N) is 2. The van der Waals surface area contributed by atoms with E-state index in [2.05, 4.69) is 23.7 Å². The van der Waals surface area contributed by atoms with Crippen molar-refractivity contribution in [2.75, 3.05) is 0 Å². The Morgan fingerprint density at radius 1 is 1.35 bits per heavy atom. The van der Waals surface area contributed by atoms with Gasteiger partial charge in [-0.05, 0) is 43.4 Å². The molecular formula is C16H20ClN3. The molecule has 3 rings (SSSR count). The molecule has 2 aromatic rings. The molecule has 20 heavy (non-hydrogen) atoms. The van der Waals surface area contributed by atoms with Crippen molar-refractivity contribution in [3.8, 4) is 0 Å². The maximum absolute atomic E-state index is 6.28. The molecule has 3 nitrogen and oxygen atoms in total. The molecule has 0 saturated heterocycles. The zero-order valence-corrected chi connectivity index (χ0v) is 12.5. The van der Waals surface area contributed by atoms with Gasteiger partial charge in [0.2, 0.25) is 0 Å². The second-order valence-corrected chi connectivity index (χ2v) is 5.88. The highest BCUT2D eigenvalue weighted by atomic mass is 35.5. The number of aromatic nitrogens is 2. The molecule has 0 amide bonds. The Labute approximate surface area is 124 Å². The van der Waals surface area contributed by atoms with Crippen LogP contribution in [-0.4, -0.2) is 9.78 Å². The molecular weight excluding hydrogens is 270 g/mol. The molecule has 1 unspecified atom stereocenters. The van der Waals surface area contributed by atoms with Gasteiger partial charge in [-0.25, -0.2) is 0 Å². The van der Waals surface area contributed by atoms with Crippen molar-refractivity contribution in [3.05, 3.63) is 51.8 Å². The number of hydrogen-bond donors (Lipinski definition) is 1. The number of benzene rings is 1. The molecule has 1 aromatic carbocycles. The van der Waals surface area contributed by atoms with Gasteiger partial charge in [-0.1, -0.05) is 30.7 Å². The van der Waals surface area contributed by atoms with Crippen LogP contribution >= 0.6 is 11.6 Å². The highest BCUT2D eigenvalue weighted by Gasteiger charge is 2.25. The lowest BCUT2D eigenvalue weighted by Crippen LogP contribution is -2.19.